The fourth-order valence-electron chi connectivity index (χ4n) is 4.03. The molecule has 1 saturated carbocycles. The molecule has 3 rings (SSSR count). The smallest absolute Gasteiger partial charge is 0.125 e. The zero-order valence-electron chi connectivity index (χ0n) is 15.7. The summed E-state index contributed by atoms with van der Waals surface area (Å²) >= 11 is 0. The summed E-state index contributed by atoms with van der Waals surface area (Å²) in [5.74, 6) is 2.19. The molecular formula is C21H31NO3. The number of hydrogen-bond donors (Lipinski definition) is 1. The van der Waals surface area contributed by atoms with Crippen LogP contribution in [0, 0.1) is 23.2 Å². The molecule has 1 saturated heterocycles. The van der Waals surface area contributed by atoms with E-state index in [1.807, 2.05) is 12.1 Å². The molecule has 2 aliphatic rings. The lowest BCUT2D eigenvalue weighted by Gasteiger charge is -2.26. The minimum Gasteiger partial charge on any atom is -0.493 e. The van der Waals surface area contributed by atoms with Crippen LogP contribution in [-0.4, -0.2) is 39.7 Å². The highest BCUT2D eigenvalue weighted by Crippen LogP contribution is 2.46. The summed E-state index contributed by atoms with van der Waals surface area (Å²) < 4.78 is 11.4. The summed E-state index contributed by atoms with van der Waals surface area (Å²) in [6.45, 7) is 7.85. The molecule has 1 aromatic carbocycles. The summed E-state index contributed by atoms with van der Waals surface area (Å²) in [6.07, 6.45) is 3.46. The number of methoxy groups -OCH3 is 1. The van der Waals surface area contributed by atoms with Gasteiger partial charge < -0.3 is 19.6 Å². The fourth-order valence-corrected chi connectivity index (χ4v) is 4.03. The number of carbonyl (C=O) groups excluding carboxylic acids is 1. The molecule has 2 fully saturated rings. The van der Waals surface area contributed by atoms with Crippen LogP contribution >= 0.6 is 0 Å². The van der Waals surface area contributed by atoms with Crippen LogP contribution in [0.3, 0.4) is 0 Å². The van der Waals surface area contributed by atoms with Gasteiger partial charge in [0.15, 0.2) is 0 Å². The predicted octanol–water partition coefficient (Wildman–Crippen LogP) is 3.27. The van der Waals surface area contributed by atoms with Crippen molar-refractivity contribution in [2.75, 3.05) is 33.4 Å². The number of benzene rings is 1. The van der Waals surface area contributed by atoms with Gasteiger partial charge in [0.1, 0.15) is 12.0 Å². The number of nitrogens with one attached hydrogen (secondary N) is 1. The summed E-state index contributed by atoms with van der Waals surface area (Å²) in [7, 11) is 1.66. The molecular weight excluding hydrogens is 314 g/mol. The van der Waals surface area contributed by atoms with Crippen molar-refractivity contribution in [3.05, 3.63) is 29.8 Å². The highest BCUT2D eigenvalue weighted by molar-refractivity contribution is 5.57. The Morgan fingerprint density at radius 2 is 2.16 bits per heavy atom. The van der Waals surface area contributed by atoms with Crippen molar-refractivity contribution in [3.63, 3.8) is 0 Å². The molecule has 25 heavy (non-hydrogen) atoms. The first kappa shape index (κ1) is 18.4. The van der Waals surface area contributed by atoms with Crippen molar-refractivity contribution in [2.45, 2.75) is 32.6 Å². The molecule has 0 bridgehead atoms. The van der Waals surface area contributed by atoms with Gasteiger partial charge in [-0.25, -0.2) is 0 Å². The van der Waals surface area contributed by atoms with Gasteiger partial charge in [-0.2, -0.15) is 0 Å². The van der Waals surface area contributed by atoms with Crippen LogP contribution in [0.25, 0.3) is 0 Å². The Kier molecular flexibility index (Phi) is 5.80. The Labute approximate surface area is 151 Å². The normalized spacial score (nSPS) is 24.7. The highest BCUT2D eigenvalue weighted by atomic mass is 16.5. The van der Waals surface area contributed by atoms with Crippen LogP contribution in [0.1, 0.15) is 38.2 Å². The molecule has 1 aromatic rings. The minimum atomic E-state index is -0.0780. The third-order valence-electron chi connectivity index (χ3n) is 5.90. The topological polar surface area (TPSA) is 47.6 Å². The third kappa shape index (κ3) is 4.42. The van der Waals surface area contributed by atoms with E-state index < -0.39 is 0 Å². The molecule has 0 radical (unpaired) electrons. The second kappa shape index (κ2) is 7.88. The molecule has 0 amide bonds. The maximum atomic E-state index is 11.6. The van der Waals surface area contributed by atoms with Gasteiger partial charge in [0.25, 0.3) is 0 Å². The lowest BCUT2D eigenvalue weighted by molar-refractivity contribution is -0.113. The highest BCUT2D eigenvalue weighted by Gasteiger charge is 2.38. The number of rotatable bonds is 9. The van der Waals surface area contributed by atoms with Crippen LogP contribution < -0.4 is 10.1 Å². The first-order valence-corrected chi connectivity index (χ1v) is 9.43. The largest absolute Gasteiger partial charge is 0.493 e. The summed E-state index contributed by atoms with van der Waals surface area (Å²) in [5, 5.41) is 3.46. The summed E-state index contributed by atoms with van der Waals surface area (Å²) in [4.78, 5) is 11.6. The Morgan fingerprint density at radius 1 is 1.36 bits per heavy atom. The molecule has 0 aromatic heterocycles. The summed E-state index contributed by atoms with van der Waals surface area (Å²) in [5.41, 5.74) is 1.48. The van der Waals surface area contributed by atoms with Crippen molar-refractivity contribution < 1.29 is 14.3 Å². The Balaban J connectivity index is 1.70. The molecule has 4 heteroatoms. The van der Waals surface area contributed by atoms with Gasteiger partial charge in [0, 0.05) is 32.0 Å². The van der Waals surface area contributed by atoms with Crippen LogP contribution in [0.15, 0.2) is 24.3 Å². The Hall–Kier alpha value is -1.39. The van der Waals surface area contributed by atoms with Crippen molar-refractivity contribution in [2.24, 2.45) is 23.2 Å². The van der Waals surface area contributed by atoms with E-state index in [9.17, 15) is 4.79 Å². The van der Waals surface area contributed by atoms with Gasteiger partial charge >= 0.3 is 0 Å². The number of carbonyl (C=O) groups is 1. The maximum Gasteiger partial charge on any atom is 0.125 e. The van der Waals surface area contributed by atoms with Gasteiger partial charge in [-0.3, -0.25) is 0 Å². The molecule has 3 atom stereocenters. The van der Waals surface area contributed by atoms with E-state index in [-0.39, 0.29) is 17.3 Å². The van der Waals surface area contributed by atoms with Crippen molar-refractivity contribution in [1.82, 2.24) is 5.32 Å². The van der Waals surface area contributed by atoms with Crippen molar-refractivity contribution in [1.29, 1.82) is 0 Å². The van der Waals surface area contributed by atoms with E-state index >= 15 is 0 Å². The first-order chi connectivity index (χ1) is 12.0. The second-order valence-electron chi connectivity index (χ2n) is 8.32. The maximum absolute atomic E-state index is 11.6. The molecule has 0 spiro atoms. The summed E-state index contributed by atoms with van der Waals surface area (Å²) in [6, 6.07) is 8.33. The minimum absolute atomic E-state index is 0.0780. The third-order valence-corrected chi connectivity index (χ3v) is 5.90. The molecule has 138 valence electrons. The zero-order chi connectivity index (χ0) is 17.9. The standard InChI is InChI=1S/C21H31NO3/c1-21(2)14-22-10-18(21)13-25-19-6-4-5-16(9-19)20(15-7-8-15)17(11-23)12-24-3/h4-6,9,11,15,17-18,20,22H,7-8,10,12-14H2,1-3H3. The average molecular weight is 345 g/mol. The Bertz CT molecular complexity index is 582. The first-order valence-electron chi connectivity index (χ1n) is 9.43. The molecule has 1 heterocycles. The van der Waals surface area contributed by atoms with Gasteiger partial charge in [-0.15, -0.1) is 0 Å². The monoisotopic (exact) mass is 345 g/mol. The molecule has 3 unspecified atom stereocenters. The van der Waals surface area contributed by atoms with E-state index in [0.29, 0.717) is 18.4 Å². The van der Waals surface area contributed by atoms with Gasteiger partial charge in [-0.1, -0.05) is 26.0 Å². The predicted molar refractivity (Wildman–Crippen MR) is 99.0 cm³/mol. The molecule has 1 N–H and O–H groups in total. The zero-order valence-corrected chi connectivity index (χ0v) is 15.7. The SMILES string of the molecule is COCC(C=O)C(c1cccc(OCC2CNCC2(C)C)c1)C1CC1. The van der Waals surface area contributed by atoms with Crippen LogP contribution in [-0.2, 0) is 9.53 Å². The molecule has 4 nitrogen and oxygen atoms in total. The number of ether oxygens (including phenoxy) is 2. The Morgan fingerprint density at radius 3 is 2.76 bits per heavy atom. The molecule has 1 aliphatic heterocycles. The van der Waals surface area contributed by atoms with E-state index in [0.717, 1.165) is 31.7 Å². The number of aldehydes is 1. The van der Waals surface area contributed by atoms with Crippen molar-refractivity contribution in [3.8, 4) is 5.75 Å². The quantitative estimate of drug-likeness (QED) is 0.698. The van der Waals surface area contributed by atoms with Crippen LogP contribution in [0.2, 0.25) is 0 Å². The van der Waals surface area contributed by atoms with Gasteiger partial charge in [-0.05, 0) is 47.8 Å². The van der Waals surface area contributed by atoms with E-state index in [1.165, 1.54) is 18.4 Å². The average Bonchev–Trinajstić information content (AvgIpc) is 3.36. The van der Waals surface area contributed by atoms with Crippen LogP contribution in [0.4, 0.5) is 0 Å². The van der Waals surface area contributed by atoms with E-state index in [4.69, 9.17) is 9.47 Å². The molecule has 1 aliphatic carbocycles. The van der Waals surface area contributed by atoms with E-state index in [2.05, 4.69) is 31.3 Å². The fraction of sp³-hybridized carbons (Fsp3) is 0.667. The number of hydrogen-bond acceptors (Lipinski definition) is 4. The van der Waals surface area contributed by atoms with Crippen LogP contribution in [0.5, 0.6) is 5.75 Å². The lowest BCUT2D eigenvalue weighted by atomic mass is 9.82. The van der Waals surface area contributed by atoms with Crippen molar-refractivity contribution >= 4 is 6.29 Å². The lowest BCUT2D eigenvalue weighted by Crippen LogP contribution is -2.27. The second-order valence-corrected chi connectivity index (χ2v) is 8.32. The van der Waals surface area contributed by atoms with Gasteiger partial charge in [0.2, 0.25) is 0 Å². The van der Waals surface area contributed by atoms with Gasteiger partial charge in [0.05, 0.1) is 13.2 Å². The van der Waals surface area contributed by atoms with E-state index in [1.54, 1.807) is 7.11 Å².